The minimum atomic E-state index is 0. The van der Waals surface area contributed by atoms with E-state index < -0.39 is 0 Å². The van der Waals surface area contributed by atoms with E-state index in [0.29, 0.717) is 28.4 Å². The molecule has 0 atom stereocenters. The molecule has 2 fully saturated rings. The molecule has 6 rings (SSSR count). The number of thioether (sulfide) groups is 2. The molecule has 2 aliphatic carbocycles. The van der Waals surface area contributed by atoms with E-state index in [0.717, 1.165) is 18.2 Å². The maximum atomic E-state index is 2.53. The fraction of sp³-hybridized carbons (Fsp3) is 0.488. The molecule has 2 aromatic rings. The van der Waals surface area contributed by atoms with Crippen molar-refractivity contribution in [3.05, 3.63) is 113 Å². The normalized spacial score (nSPS) is 22.2. The molecule has 0 unspecified atom stereocenters. The Bertz CT molecular complexity index is 1390. The summed E-state index contributed by atoms with van der Waals surface area (Å²) in [6, 6.07) is 22.2. The van der Waals surface area contributed by atoms with Gasteiger partial charge in [0.25, 0.3) is 0 Å². The maximum Gasteiger partial charge on any atom is 0.177 e. The number of benzene rings is 2. The van der Waals surface area contributed by atoms with Gasteiger partial charge in [-0.2, -0.15) is 0 Å². The smallest absolute Gasteiger partial charge is 0.122 e. The van der Waals surface area contributed by atoms with Gasteiger partial charge in [0.15, 0.2) is 13.4 Å². The first kappa shape index (κ1) is 37.6. The molecule has 0 spiro atoms. The molecule has 0 saturated carbocycles. The van der Waals surface area contributed by atoms with Gasteiger partial charge in [-0.3, -0.25) is 0 Å². The third-order valence-corrected chi connectivity index (χ3v) is 14.4. The molecule has 0 nitrogen and oxygen atoms in total. The van der Waals surface area contributed by atoms with E-state index in [2.05, 4.69) is 140 Å². The topological polar surface area (TPSA) is 0 Å². The first-order valence-electron chi connectivity index (χ1n) is 17.3. The van der Waals surface area contributed by atoms with Gasteiger partial charge >= 0.3 is 0 Å². The fourth-order valence-electron chi connectivity index (χ4n) is 8.11. The summed E-state index contributed by atoms with van der Waals surface area (Å²) in [5, 5.41) is 0. The molecule has 246 valence electrons. The second kappa shape index (κ2) is 15.5. The molecular formula is C41H55B2CoS2. The van der Waals surface area contributed by atoms with Gasteiger partial charge in [-0.05, 0) is 58.8 Å². The Morgan fingerprint density at radius 2 is 0.978 bits per heavy atom. The van der Waals surface area contributed by atoms with Crippen LogP contribution in [0.2, 0.25) is 25.3 Å². The largest absolute Gasteiger partial charge is 0.177 e. The standard InChI is InChI=1S/C36H50B2S2.C5H5.Co/c1-33(2)23-37(24-34(33,3)4)31-20-19-27(21-39-28-15-11-9-12-16-28)32(38-25-35(5,6)36(7,8)26-38)30(31)22-40-29-17-13-10-14-18-29;1-2-4-5-3-1;/h9-18H,19-26H2,1-8H3;1-5H;. The van der Waals surface area contributed by atoms with Crippen molar-refractivity contribution >= 4 is 36.9 Å². The van der Waals surface area contributed by atoms with Crippen molar-refractivity contribution in [1.29, 1.82) is 0 Å². The average Bonchev–Trinajstić information content (AvgIpc) is 3.70. The summed E-state index contributed by atoms with van der Waals surface area (Å²) in [7, 11) is 0. The van der Waals surface area contributed by atoms with Crippen molar-refractivity contribution in [1.82, 2.24) is 0 Å². The molecule has 0 N–H and O–H groups in total. The second-order valence-corrected chi connectivity index (χ2v) is 18.5. The van der Waals surface area contributed by atoms with Crippen LogP contribution in [0.3, 0.4) is 0 Å². The zero-order chi connectivity index (χ0) is 32.3. The molecule has 5 heteroatoms. The van der Waals surface area contributed by atoms with Gasteiger partial charge in [0.2, 0.25) is 0 Å². The summed E-state index contributed by atoms with van der Waals surface area (Å²) < 4.78 is 0. The summed E-state index contributed by atoms with van der Waals surface area (Å²) in [4.78, 5) is 2.80. The van der Waals surface area contributed by atoms with Crippen LogP contribution in [0.4, 0.5) is 0 Å². The van der Waals surface area contributed by atoms with Crippen molar-refractivity contribution in [3.63, 3.8) is 0 Å². The Hall–Kier alpha value is -1.26. The third kappa shape index (κ3) is 8.66. The third-order valence-electron chi connectivity index (χ3n) is 12.2. The first-order valence-corrected chi connectivity index (χ1v) is 19.2. The van der Waals surface area contributed by atoms with Gasteiger partial charge in [-0.25, -0.2) is 0 Å². The molecule has 2 aromatic carbocycles. The van der Waals surface area contributed by atoms with E-state index in [-0.39, 0.29) is 16.8 Å². The van der Waals surface area contributed by atoms with Gasteiger partial charge in [-0.15, -0.1) is 23.5 Å². The maximum absolute atomic E-state index is 2.53. The summed E-state index contributed by atoms with van der Waals surface area (Å²) >= 11 is 4.12. The van der Waals surface area contributed by atoms with Crippen LogP contribution >= 0.6 is 23.5 Å². The molecule has 0 bridgehead atoms. The Balaban J connectivity index is 0.000000731. The van der Waals surface area contributed by atoms with Crippen molar-refractivity contribution in [2.75, 3.05) is 11.5 Å². The predicted molar refractivity (Wildman–Crippen MR) is 206 cm³/mol. The van der Waals surface area contributed by atoms with Crippen molar-refractivity contribution in [2.24, 2.45) is 21.7 Å². The molecule has 2 radical (unpaired) electrons. The number of rotatable bonds is 8. The molecule has 2 heterocycles. The summed E-state index contributed by atoms with van der Waals surface area (Å²) in [6.45, 7) is 21.6. The zero-order valence-electron chi connectivity index (χ0n) is 29.6. The van der Waals surface area contributed by atoms with E-state index in [4.69, 9.17) is 0 Å². The summed E-state index contributed by atoms with van der Waals surface area (Å²) in [5.74, 6) is 2.24. The molecule has 4 aliphatic rings. The molecule has 0 amide bonds. The van der Waals surface area contributed by atoms with E-state index in [9.17, 15) is 0 Å². The summed E-state index contributed by atoms with van der Waals surface area (Å²) in [6.07, 6.45) is 17.8. The number of allylic oxidation sites excluding steroid dienone is 6. The molecule has 2 saturated heterocycles. The average molecular weight is 693 g/mol. The Morgan fingerprint density at radius 3 is 1.41 bits per heavy atom. The van der Waals surface area contributed by atoms with Gasteiger partial charge in [0.1, 0.15) is 0 Å². The van der Waals surface area contributed by atoms with Gasteiger partial charge < -0.3 is 0 Å². The van der Waals surface area contributed by atoms with Crippen LogP contribution in [0.5, 0.6) is 0 Å². The quantitative estimate of drug-likeness (QED) is 0.200. The van der Waals surface area contributed by atoms with E-state index in [1.165, 1.54) is 47.9 Å². The monoisotopic (exact) mass is 692 g/mol. The fourth-order valence-corrected chi connectivity index (χ4v) is 10.1. The Labute approximate surface area is 302 Å². The molecule has 46 heavy (non-hydrogen) atoms. The van der Waals surface area contributed by atoms with E-state index >= 15 is 0 Å². The minimum absolute atomic E-state index is 0. The minimum Gasteiger partial charge on any atom is -0.122 e. The van der Waals surface area contributed by atoms with Crippen LogP contribution in [0.25, 0.3) is 0 Å². The van der Waals surface area contributed by atoms with Crippen LogP contribution in [-0.4, -0.2) is 24.9 Å². The molecule has 2 aliphatic heterocycles. The van der Waals surface area contributed by atoms with Crippen LogP contribution < -0.4 is 0 Å². The van der Waals surface area contributed by atoms with Gasteiger partial charge in [0, 0.05) is 44.5 Å². The Kier molecular flexibility index (Phi) is 12.7. The van der Waals surface area contributed by atoms with E-state index in [1.54, 1.807) is 16.6 Å². The summed E-state index contributed by atoms with van der Waals surface area (Å²) in [5.41, 5.74) is 8.59. The van der Waals surface area contributed by atoms with Gasteiger partial charge in [0.05, 0.1) is 0 Å². The predicted octanol–water partition coefficient (Wildman–Crippen LogP) is 12.5. The van der Waals surface area contributed by atoms with Crippen molar-refractivity contribution in [3.8, 4) is 0 Å². The van der Waals surface area contributed by atoms with Crippen molar-refractivity contribution < 1.29 is 16.8 Å². The zero-order valence-corrected chi connectivity index (χ0v) is 32.3. The van der Waals surface area contributed by atoms with Crippen molar-refractivity contribution in [2.45, 2.75) is 103 Å². The molecule has 0 aromatic heterocycles. The number of hydrogen-bond acceptors (Lipinski definition) is 2. The Morgan fingerprint density at radius 1 is 0.543 bits per heavy atom. The molecular weight excluding hydrogens is 637 g/mol. The van der Waals surface area contributed by atoms with Gasteiger partial charge in [-0.1, -0.05) is 163 Å². The number of hydrogen-bond donors (Lipinski definition) is 0. The van der Waals surface area contributed by atoms with Crippen LogP contribution in [-0.2, 0) is 16.8 Å². The van der Waals surface area contributed by atoms with Crippen LogP contribution in [0.1, 0.15) is 68.2 Å². The van der Waals surface area contributed by atoms with Crippen LogP contribution in [0, 0.1) is 28.1 Å². The first-order chi connectivity index (χ1) is 21.3. The van der Waals surface area contributed by atoms with Crippen LogP contribution in [0.15, 0.2) is 117 Å². The van der Waals surface area contributed by atoms with E-state index in [1.807, 2.05) is 36.2 Å². The SMILES string of the molecule is CC1(C)CB(C2=C(CSc3ccccc3)C(B3CC(C)(C)C(C)(C)C3)=C(CSc3ccccc3)CC2)CC1(C)C.[CH]1C=CC=C1.[Co]. The second-order valence-electron chi connectivity index (χ2n) is 16.4.